The van der Waals surface area contributed by atoms with Crippen molar-refractivity contribution in [2.75, 3.05) is 11.9 Å². The zero-order chi connectivity index (χ0) is 7.56. The van der Waals surface area contributed by atoms with Gasteiger partial charge in [-0.15, -0.1) is 0 Å². The number of rotatable bonds is 2. The van der Waals surface area contributed by atoms with Crippen LogP contribution in [0.3, 0.4) is 0 Å². The van der Waals surface area contributed by atoms with E-state index in [1.165, 1.54) is 6.42 Å². The van der Waals surface area contributed by atoms with Crippen LogP contribution in [0.25, 0.3) is 0 Å². The van der Waals surface area contributed by atoms with Crippen molar-refractivity contribution in [3.8, 4) is 0 Å². The molecule has 0 N–H and O–H groups in total. The number of hydrogen-bond acceptors (Lipinski definition) is 1. The molecular weight excluding hydrogens is 192 g/mol. The molecule has 1 fully saturated rings. The van der Waals surface area contributed by atoms with Crippen LogP contribution in [0, 0.1) is 11.8 Å². The van der Waals surface area contributed by atoms with Gasteiger partial charge in [-0.3, -0.25) is 0 Å². The summed E-state index contributed by atoms with van der Waals surface area (Å²) in [7, 11) is 0. The minimum absolute atomic E-state index is 0.479. The molecule has 1 nitrogen and oxygen atoms in total. The van der Waals surface area contributed by atoms with Gasteiger partial charge >= 0.3 is 0 Å². The Hall–Kier alpha value is 0.440. The van der Waals surface area contributed by atoms with Crippen LogP contribution in [-0.4, -0.2) is 18.0 Å². The van der Waals surface area contributed by atoms with Crippen LogP contribution in [0.2, 0.25) is 0 Å². The third-order valence-electron chi connectivity index (χ3n) is 2.23. The molecule has 60 valence electrons. The van der Waals surface area contributed by atoms with E-state index in [2.05, 4.69) is 29.8 Å². The number of halogens is 1. The summed E-state index contributed by atoms with van der Waals surface area (Å²) in [5.41, 5.74) is 0. The van der Waals surface area contributed by atoms with Crippen LogP contribution >= 0.6 is 15.9 Å². The Morgan fingerprint density at radius 2 is 2.30 bits per heavy atom. The molecule has 1 saturated heterocycles. The van der Waals surface area contributed by atoms with E-state index in [1.54, 1.807) is 0 Å². The Balaban J connectivity index is 2.28. The molecule has 0 aliphatic carbocycles. The molecule has 0 unspecified atom stereocenters. The van der Waals surface area contributed by atoms with Crippen LogP contribution in [0.15, 0.2) is 0 Å². The van der Waals surface area contributed by atoms with Gasteiger partial charge in [-0.25, -0.2) is 0 Å². The Bertz CT molecular complexity index is 103. The predicted octanol–water partition coefficient (Wildman–Crippen LogP) is 2.44. The summed E-state index contributed by atoms with van der Waals surface area (Å²) in [4.78, 5) is 0. The monoisotopic (exact) mass is 206 g/mol. The number of alkyl halides is 1. The SMILES string of the molecule is CC(C)[C@H]1CO[C@H](CBr)C1. The second kappa shape index (κ2) is 3.72. The summed E-state index contributed by atoms with van der Waals surface area (Å²) >= 11 is 3.43. The van der Waals surface area contributed by atoms with E-state index in [0.29, 0.717) is 6.10 Å². The quantitative estimate of drug-likeness (QED) is 0.632. The molecule has 0 amide bonds. The lowest BCUT2D eigenvalue weighted by Gasteiger charge is -2.10. The van der Waals surface area contributed by atoms with Crippen LogP contribution in [0.5, 0.6) is 0 Å². The van der Waals surface area contributed by atoms with Crippen LogP contribution in [0.1, 0.15) is 20.3 Å². The fourth-order valence-corrected chi connectivity index (χ4v) is 1.76. The second-order valence-electron chi connectivity index (χ2n) is 3.35. The van der Waals surface area contributed by atoms with Crippen molar-refractivity contribution in [2.45, 2.75) is 26.4 Å². The molecule has 2 heteroatoms. The summed E-state index contributed by atoms with van der Waals surface area (Å²) < 4.78 is 5.53. The molecule has 1 aliphatic heterocycles. The Kier molecular flexibility index (Phi) is 3.18. The lowest BCUT2D eigenvalue weighted by molar-refractivity contribution is 0.120. The first-order valence-corrected chi connectivity index (χ1v) is 5.03. The highest BCUT2D eigenvalue weighted by atomic mass is 79.9. The minimum Gasteiger partial charge on any atom is -0.377 e. The third kappa shape index (κ3) is 1.96. The molecule has 10 heavy (non-hydrogen) atoms. The zero-order valence-corrected chi connectivity index (χ0v) is 8.23. The smallest absolute Gasteiger partial charge is 0.0675 e. The molecule has 0 saturated carbocycles. The molecule has 1 heterocycles. The Labute approximate surface area is 71.3 Å². The van der Waals surface area contributed by atoms with Crippen molar-refractivity contribution in [3.05, 3.63) is 0 Å². The van der Waals surface area contributed by atoms with E-state index in [-0.39, 0.29) is 0 Å². The average Bonchev–Trinajstić information content (AvgIpc) is 2.34. The van der Waals surface area contributed by atoms with Crippen molar-refractivity contribution in [3.63, 3.8) is 0 Å². The van der Waals surface area contributed by atoms with Gasteiger partial charge in [0.15, 0.2) is 0 Å². The Morgan fingerprint density at radius 1 is 1.60 bits per heavy atom. The molecule has 2 atom stereocenters. The van der Waals surface area contributed by atoms with E-state index in [1.807, 2.05) is 0 Å². The van der Waals surface area contributed by atoms with Gasteiger partial charge in [-0.05, 0) is 18.3 Å². The predicted molar refractivity (Wildman–Crippen MR) is 46.5 cm³/mol. The first-order chi connectivity index (χ1) is 4.74. The number of hydrogen-bond donors (Lipinski definition) is 0. The van der Waals surface area contributed by atoms with E-state index in [0.717, 1.165) is 23.8 Å². The van der Waals surface area contributed by atoms with Crippen molar-refractivity contribution in [2.24, 2.45) is 11.8 Å². The van der Waals surface area contributed by atoms with E-state index < -0.39 is 0 Å². The summed E-state index contributed by atoms with van der Waals surface area (Å²) in [6, 6.07) is 0. The van der Waals surface area contributed by atoms with Gasteiger partial charge in [0.05, 0.1) is 12.7 Å². The van der Waals surface area contributed by atoms with Crippen molar-refractivity contribution in [1.29, 1.82) is 0 Å². The fraction of sp³-hybridized carbons (Fsp3) is 1.00. The second-order valence-corrected chi connectivity index (χ2v) is 4.00. The molecule has 0 bridgehead atoms. The van der Waals surface area contributed by atoms with Crippen molar-refractivity contribution < 1.29 is 4.74 Å². The van der Waals surface area contributed by atoms with Gasteiger partial charge in [-0.1, -0.05) is 29.8 Å². The first kappa shape index (κ1) is 8.54. The maximum Gasteiger partial charge on any atom is 0.0675 e. The number of ether oxygens (including phenoxy) is 1. The van der Waals surface area contributed by atoms with E-state index in [9.17, 15) is 0 Å². The Morgan fingerprint density at radius 3 is 2.60 bits per heavy atom. The van der Waals surface area contributed by atoms with Crippen LogP contribution in [0.4, 0.5) is 0 Å². The standard InChI is InChI=1S/C8H15BrO/c1-6(2)7-3-8(4-9)10-5-7/h6-8H,3-5H2,1-2H3/t7-,8+/m1/s1. The lowest BCUT2D eigenvalue weighted by Crippen LogP contribution is -2.08. The van der Waals surface area contributed by atoms with Crippen molar-refractivity contribution in [1.82, 2.24) is 0 Å². The minimum atomic E-state index is 0.479. The van der Waals surface area contributed by atoms with Crippen LogP contribution in [-0.2, 0) is 4.74 Å². The third-order valence-corrected chi connectivity index (χ3v) is 2.95. The molecule has 0 aromatic carbocycles. The summed E-state index contributed by atoms with van der Waals surface area (Å²) in [6.45, 7) is 5.50. The zero-order valence-electron chi connectivity index (χ0n) is 6.64. The maximum absolute atomic E-state index is 5.53. The normalized spacial score (nSPS) is 33.6. The molecule has 1 rings (SSSR count). The fourth-order valence-electron chi connectivity index (χ4n) is 1.31. The molecule has 1 aliphatic rings. The maximum atomic E-state index is 5.53. The molecule has 0 spiro atoms. The topological polar surface area (TPSA) is 9.23 Å². The molecule has 0 radical (unpaired) electrons. The van der Waals surface area contributed by atoms with Gasteiger partial charge in [0, 0.05) is 5.33 Å². The van der Waals surface area contributed by atoms with Gasteiger partial charge < -0.3 is 4.74 Å². The molecule has 0 aromatic rings. The summed E-state index contributed by atoms with van der Waals surface area (Å²) in [5.74, 6) is 1.58. The average molecular weight is 207 g/mol. The largest absolute Gasteiger partial charge is 0.377 e. The van der Waals surface area contributed by atoms with Crippen molar-refractivity contribution >= 4 is 15.9 Å². The van der Waals surface area contributed by atoms with Gasteiger partial charge in [0.1, 0.15) is 0 Å². The summed E-state index contributed by atoms with van der Waals surface area (Å²) in [5, 5.41) is 0.996. The lowest BCUT2D eigenvalue weighted by atomic mass is 9.94. The van der Waals surface area contributed by atoms with E-state index in [4.69, 9.17) is 4.74 Å². The van der Waals surface area contributed by atoms with Gasteiger partial charge in [0.25, 0.3) is 0 Å². The summed E-state index contributed by atoms with van der Waals surface area (Å²) in [6.07, 6.45) is 1.72. The first-order valence-electron chi connectivity index (χ1n) is 3.91. The molecule has 0 aromatic heterocycles. The molecular formula is C8H15BrO. The highest BCUT2D eigenvalue weighted by Crippen LogP contribution is 2.26. The van der Waals surface area contributed by atoms with Gasteiger partial charge in [-0.2, -0.15) is 0 Å². The highest BCUT2D eigenvalue weighted by Gasteiger charge is 2.26. The van der Waals surface area contributed by atoms with E-state index >= 15 is 0 Å². The van der Waals surface area contributed by atoms with Gasteiger partial charge in [0.2, 0.25) is 0 Å². The highest BCUT2D eigenvalue weighted by molar-refractivity contribution is 9.09. The van der Waals surface area contributed by atoms with Crippen LogP contribution < -0.4 is 0 Å².